The molecule has 0 radical (unpaired) electrons. The van der Waals surface area contributed by atoms with Gasteiger partial charge in [0, 0.05) is 25.9 Å². The Kier molecular flexibility index (Phi) is 47.5. The van der Waals surface area contributed by atoms with E-state index in [0.717, 1.165) is 167 Å². The van der Waals surface area contributed by atoms with Gasteiger partial charge in [-0.3, -0.25) is 14.4 Å². The van der Waals surface area contributed by atoms with Crippen molar-refractivity contribution in [2.45, 2.75) is 323 Å². The SMILES string of the molecule is CCCCCCC(CCCCCC)OC(=O)CCCCCCCCC(CCCCCCCCC(=O)OC(CCCCCC)CCCCCC)OC(=O)N(CCCN(C)C)CCC(=O)OC(CC)CC. The van der Waals surface area contributed by atoms with Crippen LogP contribution in [-0.2, 0) is 33.3 Å². The van der Waals surface area contributed by atoms with E-state index in [1.54, 1.807) is 4.90 Å². The number of rotatable bonds is 51. The zero-order chi connectivity index (χ0) is 51.0. The molecule has 0 aliphatic carbocycles. The van der Waals surface area contributed by atoms with Gasteiger partial charge < -0.3 is 28.7 Å². The van der Waals surface area contributed by atoms with Crippen LogP contribution in [0.2, 0.25) is 0 Å². The molecular formula is C59H114N2O8. The van der Waals surface area contributed by atoms with Crippen molar-refractivity contribution >= 4 is 24.0 Å². The van der Waals surface area contributed by atoms with Gasteiger partial charge in [-0.25, -0.2) is 4.79 Å². The summed E-state index contributed by atoms with van der Waals surface area (Å²) in [6.45, 7) is 14.6. The lowest BCUT2D eigenvalue weighted by molar-refractivity contribution is -0.151. The number of carbonyl (C=O) groups excluding carboxylic acids is 4. The standard InChI is InChI=1S/C59H114N2O8/c1-9-15-19-31-40-53(41-32-20-16-10-2)67-56(62)46-37-29-25-23-27-35-44-55(69-59(65)61(50-39-49-60(7)8)51-48-58(64)66-52(13-5)14-6)45-36-28-24-26-30-38-47-57(63)68-54(42-33-21-17-11-3)43-34-22-18-12-4/h52-55H,9-51H2,1-8H3. The fourth-order valence-electron chi connectivity index (χ4n) is 9.18. The van der Waals surface area contributed by atoms with Gasteiger partial charge in [-0.2, -0.15) is 0 Å². The molecule has 69 heavy (non-hydrogen) atoms. The van der Waals surface area contributed by atoms with E-state index in [1.165, 1.54) is 77.0 Å². The van der Waals surface area contributed by atoms with Gasteiger partial charge in [-0.1, -0.05) is 170 Å². The molecule has 0 rings (SSSR count). The Morgan fingerprint density at radius 2 is 0.623 bits per heavy atom. The second-order valence-electron chi connectivity index (χ2n) is 20.8. The number of amides is 1. The Morgan fingerprint density at radius 3 is 0.971 bits per heavy atom. The van der Waals surface area contributed by atoms with Crippen molar-refractivity contribution < 1.29 is 38.1 Å². The zero-order valence-electron chi connectivity index (χ0n) is 46.9. The molecule has 0 bridgehead atoms. The van der Waals surface area contributed by atoms with Crippen LogP contribution >= 0.6 is 0 Å². The molecular weight excluding hydrogens is 865 g/mol. The van der Waals surface area contributed by atoms with Gasteiger partial charge in [-0.05, 0) is 130 Å². The Labute approximate surface area is 427 Å². The van der Waals surface area contributed by atoms with E-state index in [9.17, 15) is 19.2 Å². The lowest BCUT2D eigenvalue weighted by Gasteiger charge is -2.26. The van der Waals surface area contributed by atoms with Gasteiger partial charge in [0.2, 0.25) is 0 Å². The number of hydrogen-bond acceptors (Lipinski definition) is 9. The topological polar surface area (TPSA) is 112 Å². The highest BCUT2D eigenvalue weighted by atomic mass is 16.6. The van der Waals surface area contributed by atoms with Crippen molar-refractivity contribution in [3.63, 3.8) is 0 Å². The summed E-state index contributed by atoms with van der Waals surface area (Å²) >= 11 is 0. The number of unbranched alkanes of at least 4 members (excludes halogenated alkanes) is 22. The maximum absolute atomic E-state index is 13.8. The van der Waals surface area contributed by atoms with Crippen molar-refractivity contribution in [3.8, 4) is 0 Å². The summed E-state index contributed by atoms with van der Waals surface area (Å²) in [4.78, 5) is 56.0. The van der Waals surface area contributed by atoms with Crippen molar-refractivity contribution in [1.82, 2.24) is 9.80 Å². The van der Waals surface area contributed by atoms with Crippen LogP contribution in [0.5, 0.6) is 0 Å². The highest BCUT2D eigenvalue weighted by Gasteiger charge is 2.23. The first-order valence-corrected chi connectivity index (χ1v) is 29.7. The van der Waals surface area contributed by atoms with Gasteiger partial charge in [-0.15, -0.1) is 0 Å². The Hall–Kier alpha value is -2.36. The van der Waals surface area contributed by atoms with Crippen LogP contribution in [0, 0.1) is 0 Å². The minimum atomic E-state index is -0.332. The van der Waals surface area contributed by atoms with Crippen molar-refractivity contribution in [2.24, 2.45) is 0 Å². The highest BCUT2D eigenvalue weighted by Crippen LogP contribution is 2.22. The molecule has 0 aromatic carbocycles. The summed E-state index contributed by atoms with van der Waals surface area (Å²) in [6, 6.07) is 0. The fraction of sp³-hybridized carbons (Fsp3) is 0.932. The van der Waals surface area contributed by atoms with Crippen LogP contribution in [0.1, 0.15) is 298 Å². The van der Waals surface area contributed by atoms with E-state index < -0.39 is 0 Å². The van der Waals surface area contributed by atoms with E-state index in [1.807, 2.05) is 27.9 Å². The van der Waals surface area contributed by atoms with Crippen LogP contribution in [0.15, 0.2) is 0 Å². The van der Waals surface area contributed by atoms with E-state index in [0.29, 0.717) is 19.4 Å². The number of nitrogens with zero attached hydrogens (tertiary/aromatic N) is 2. The molecule has 0 saturated heterocycles. The lowest BCUT2D eigenvalue weighted by Crippen LogP contribution is -2.38. The Bertz CT molecular complexity index is 1100. The molecule has 0 saturated carbocycles. The first-order chi connectivity index (χ1) is 33.5. The first kappa shape index (κ1) is 66.6. The molecule has 10 heteroatoms. The second kappa shape index (κ2) is 49.2. The second-order valence-corrected chi connectivity index (χ2v) is 20.8. The molecule has 10 nitrogen and oxygen atoms in total. The van der Waals surface area contributed by atoms with E-state index in [-0.39, 0.29) is 61.4 Å². The molecule has 0 N–H and O–H groups in total. The summed E-state index contributed by atoms with van der Waals surface area (Å²) < 4.78 is 24.0. The maximum Gasteiger partial charge on any atom is 0.410 e. The van der Waals surface area contributed by atoms with Crippen LogP contribution < -0.4 is 0 Å². The number of carbonyl (C=O) groups is 4. The van der Waals surface area contributed by atoms with Gasteiger partial charge in [0.05, 0.1) is 6.42 Å². The zero-order valence-corrected chi connectivity index (χ0v) is 46.9. The summed E-state index contributed by atoms with van der Waals surface area (Å²) in [7, 11) is 4.05. The lowest BCUT2D eigenvalue weighted by atomic mass is 10.0. The minimum Gasteiger partial charge on any atom is -0.462 e. The summed E-state index contributed by atoms with van der Waals surface area (Å²) in [6.07, 6.45) is 40.2. The third-order valence-corrected chi connectivity index (χ3v) is 13.8. The van der Waals surface area contributed by atoms with E-state index >= 15 is 0 Å². The third-order valence-electron chi connectivity index (χ3n) is 13.8. The largest absolute Gasteiger partial charge is 0.462 e. The first-order valence-electron chi connectivity index (χ1n) is 29.7. The van der Waals surface area contributed by atoms with Crippen molar-refractivity contribution in [2.75, 3.05) is 33.7 Å². The molecule has 0 fully saturated rings. The highest BCUT2D eigenvalue weighted by molar-refractivity contribution is 5.72. The van der Waals surface area contributed by atoms with Crippen LogP contribution in [0.4, 0.5) is 4.79 Å². The average molecular weight is 980 g/mol. The van der Waals surface area contributed by atoms with Crippen LogP contribution in [0.25, 0.3) is 0 Å². The van der Waals surface area contributed by atoms with Crippen LogP contribution in [0.3, 0.4) is 0 Å². The fourth-order valence-corrected chi connectivity index (χ4v) is 9.18. The molecule has 0 aromatic rings. The predicted molar refractivity (Wildman–Crippen MR) is 289 cm³/mol. The van der Waals surface area contributed by atoms with Crippen molar-refractivity contribution in [1.29, 1.82) is 0 Å². The molecule has 0 heterocycles. The third kappa shape index (κ3) is 43.0. The molecule has 0 aliphatic heterocycles. The Morgan fingerprint density at radius 1 is 0.319 bits per heavy atom. The van der Waals surface area contributed by atoms with Crippen molar-refractivity contribution in [3.05, 3.63) is 0 Å². The Balaban J connectivity index is 5.18. The maximum atomic E-state index is 13.8. The number of ether oxygens (including phenoxy) is 4. The molecule has 0 aliphatic rings. The summed E-state index contributed by atoms with van der Waals surface area (Å²) in [5.41, 5.74) is 0. The van der Waals surface area contributed by atoms with E-state index in [2.05, 4.69) is 32.6 Å². The number of esters is 3. The van der Waals surface area contributed by atoms with Gasteiger partial charge >= 0.3 is 24.0 Å². The van der Waals surface area contributed by atoms with Gasteiger partial charge in [0.15, 0.2) is 0 Å². The van der Waals surface area contributed by atoms with Gasteiger partial charge in [0.1, 0.15) is 24.4 Å². The average Bonchev–Trinajstić information content (AvgIpc) is 3.33. The molecule has 0 atom stereocenters. The number of hydrogen-bond donors (Lipinski definition) is 0. The molecule has 0 aromatic heterocycles. The normalized spacial score (nSPS) is 11.7. The van der Waals surface area contributed by atoms with E-state index in [4.69, 9.17) is 18.9 Å². The minimum absolute atomic E-state index is 0.0283. The molecule has 1 amide bonds. The smallest absolute Gasteiger partial charge is 0.410 e. The molecule has 0 spiro atoms. The quantitative estimate of drug-likeness (QED) is 0.0334. The predicted octanol–water partition coefficient (Wildman–Crippen LogP) is 16.8. The molecule has 0 unspecified atom stereocenters. The monoisotopic (exact) mass is 979 g/mol. The summed E-state index contributed by atoms with van der Waals surface area (Å²) in [5, 5.41) is 0. The van der Waals surface area contributed by atoms with Crippen LogP contribution in [-0.4, -0.2) is 91.9 Å². The van der Waals surface area contributed by atoms with Gasteiger partial charge in [0.25, 0.3) is 0 Å². The molecule has 408 valence electrons. The summed E-state index contributed by atoms with van der Waals surface area (Å²) in [5.74, 6) is -0.321.